The van der Waals surface area contributed by atoms with E-state index in [0.717, 1.165) is 17.0 Å². The summed E-state index contributed by atoms with van der Waals surface area (Å²) in [6.45, 7) is 3.81. The van der Waals surface area contributed by atoms with Crippen molar-refractivity contribution in [3.8, 4) is 11.4 Å². The zero-order chi connectivity index (χ0) is 17.8. The molecule has 0 fully saturated rings. The summed E-state index contributed by atoms with van der Waals surface area (Å²) in [7, 11) is 1.76. The van der Waals surface area contributed by atoms with Gasteiger partial charge in [0.05, 0.1) is 6.04 Å². The Morgan fingerprint density at radius 2 is 2.12 bits per heavy atom. The molecule has 2 heterocycles. The first-order chi connectivity index (χ1) is 12.0. The number of carbonyl (C=O) groups is 1. The Balaban J connectivity index is 1.72. The lowest BCUT2D eigenvalue weighted by molar-refractivity contribution is 0.208. The molecule has 0 radical (unpaired) electrons. The number of nitrogens with zero attached hydrogens (tertiary/aromatic N) is 4. The molecule has 0 aliphatic heterocycles. The van der Waals surface area contributed by atoms with Crippen LogP contribution in [0.15, 0.2) is 48.8 Å². The number of aromatic nitrogens is 4. The van der Waals surface area contributed by atoms with E-state index < -0.39 is 0 Å². The third-order valence-electron chi connectivity index (χ3n) is 4.04. The van der Waals surface area contributed by atoms with E-state index >= 15 is 0 Å². The molecule has 0 aliphatic carbocycles. The van der Waals surface area contributed by atoms with Crippen LogP contribution in [-0.4, -0.2) is 38.1 Å². The van der Waals surface area contributed by atoms with E-state index in [9.17, 15) is 4.79 Å². The Morgan fingerprint density at radius 3 is 2.80 bits per heavy atom. The summed E-state index contributed by atoms with van der Waals surface area (Å²) in [4.78, 5) is 22.6. The van der Waals surface area contributed by atoms with Crippen molar-refractivity contribution >= 4 is 11.7 Å². The van der Waals surface area contributed by atoms with Crippen molar-refractivity contribution in [2.24, 2.45) is 0 Å². The third kappa shape index (κ3) is 3.82. The van der Waals surface area contributed by atoms with E-state index in [-0.39, 0.29) is 12.1 Å². The zero-order valence-electron chi connectivity index (χ0n) is 14.4. The van der Waals surface area contributed by atoms with Crippen molar-refractivity contribution in [1.29, 1.82) is 0 Å². The maximum atomic E-state index is 12.5. The number of hydrogen-bond donors (Lipinski definition) is 2. The van der Waals surface area contributed by atoms with Gasteiger partial charge in [-0.15, -0.1) is 0 Å². The highest BCUT2D eigenvalue weighted by Gasteiger charge is 2.17. The van der Waals surface area contributed by atoms with Gasteiger partial charge in [-0.2, -0.15) is 5.10 Å². The van der Waals surface area contributed by atoms with Gasteiger partial charge >= 0.3 is 6.03 Å². The molecule has 1 atom stereocenters. The van der Waals surface area contributed by atoms with Crippen LogP contribution in [0.25, 0.3) is 11.4 Å². The van der Waals surface area contributed by atoms with Gasteiger partial charge < -0.3 is 10.2 Å². The second-order valence-electron chi connectivity index (χ2n) is 5.83. The van der Waals surface area contributed by atoms with Gasteiger partial charge in [0.1, 0.15) is 5.82 Å². The number of amides is 2. The molecule has 7 nitrogen and oxygen atoms in total. The minimum atomic E-state index is -0.195. The van der Waals surface area contributed by atoms with Crippen molar-refractivity contribution in [3.63, 3.8) is 0 Å². The molecule has 0 saturated carbocycles. The summed E-state index contributed by atoms with van der Waals surface area (Å²) < 4.78 is 0. The highest BCUT2D eigenvalue weighted by molar-refractivity contribution is 5.90. The van der Waals surface area contributed by atoms with Crippen molar-refractivity contribution < 1.29 is 4.79 Å². The molecule has 1 aromatic carbocycles. The van der Waals surface area contributed by atoms with Crippen LogP contribution in [-0.2, 0) is 0 Å². The van der Waals surface area contributed by atoms with Gasteiger partial charge in [-0.1, -0.05) is 18.2 Å². The Labute approximate surface area is 146 Å². The van der Waals surface area contributed by atoms with Gasteiger partial charge in [0, 0.05) is 30.7 Å². The van der Waals surface area contributed by atoms with Crippen molar-refractivity contribution in [2.75, 3.05) is 12.4 Å². The summed E-state index contributed by atoms with van der Waals surface area (Å²) in [5, 5.41) is 9.87. The van der Waals surface area contributed by atoms with Crippen molar-refractivity contribution in [1.82, 2.24) is 25.1 Å². The standard InChI is InChI=1S/C18H20N6O/c1-12(15-7-5-9-19-11-15)24(3)18(25)21-16-8-4-6-14(10-16)17-20-13(2)22-23-17/h4-12H,1-3H3,(H,21,25)(H,20,22,23)/t12-/m0/s1. The number of benzene rings is 1. The lowest BCUT2D eigenvalue weighted by Gasteiger charge is -2.25. The molecule has 0 spiro atoms. The number of carbonyl (C=O) groups excluding carboxylic acids is 1. The maximum Gasteiger partial charge on any atom is 0.322 e. The molecule has 3 rings (SSSR count). The Kier molecular flexibility index (Phi) is 4.74. The van der Waals surface area contributed by atoms with E-state index in [2.05, 4.69) is 25.5 Å². The number of aromatic amines is 1. The second kappa shape index (κ2) is 7.12. The summed E-state index contributed by atoms with van der Waals surface area (Å²) in [5.41, 5.74) is 2.50. The van der Waals surface area contributed by atoms with Gasteiger partial charge in [-0.3, -0.25) is 10.1 Å². The van der Waals surface area contributed by atoms with Crippen LogP contribution in [0, 0.1) is 6.92 Å². The minimum Gasteiger partial charge on any atom is -0.321 e. The summed E-state index contributed by atoms with van der Waals surface area (Å²) in [5.74, 6) is 1.35. The van der Waals surface area contributed by atoms with Crippen molar-refractivity contribution in [2.45, 2.75) is 19.9 Å². The molecule has 25 heavy (non-hydrogen) atoms. The molecule has 0 unspecified atom stereocenters. The maximum absolute atomic E-state index is 12.5. The summed E-state index contributed by atoms with van der Waals surface area (Å²) in [6.07, 6.45) is 3.48. The Bertz CT molecular complexity index is 861. The van der Waals surface area contributed by atoms with E-state index in [1.165, 1.54) is 0 Å². The fraction of sp³-hybridized carbons (Fsp3) is 0.222. The SMILES string of the molecule is Cc1nc(-c2cccc(NC(=O)N(C)[C@@H](C)c3cccnc3)c2)n[nH]1. The molecule has 0 aliphatic rings. The Hall–Kier alpha value is -3.22. The zero-order valence-corrected chi connectivity index (χ0v) is 14.4. The van der Waals surface area contributed by atoms with E-state index in [1.807, 2.05) is 50.2 Å². The predicted octanol–water partition coefficient (Wildman–Crippen LogP) is 3.40. The van der Waals surface area contributed by atoms with Crippen LogP contribution in [0.2, 0.25) is 0 Å². The molecule has 3 aromatic rings. The number of aryl methyl sites for hydroxylation is 1. The topological polar surface area (TPSA) is 86.8 Å². The van der Waals surface area contributed by atoms with Crippen molar-refractivity contribution in [3.05, 3.63) is 60.2 Å². The predicted molar refractivity (Wildman–Crippen MR) is 96.0 cm³/mol. The van der Waals surface area contributed by atoms with Gasteiger partial charge in [0.25, 0.3) is 0 Å². The van der Waals surface area contributed by atoms with Crippen LogP contribution < -0.4 is 5.32 Å². The molecular formula is C18H20N6O. The molecule has 0 bridgehead atoms. The molecule has 2 N–H and O–H groups in total. The molecule has 2 aromatic heterocycles. The second-order valence-corrected chi connectivity index (χ2v) is 5.83. The number of nitrogens with one attached hydrogen (secondary N) is 2. The van der Waals surface area contributed by atoms with E-state index in [0.29, 0.717) is 11.5 Å². The third-order valence-corrected chi connectivity index (χ3v) is 4.04. The average molecular weight is 336 g/mol. The average Bonchev–Trinajstić information content (AvgIpc) is 3.08. The smallest absolute Gasteiger partial charge is 0.321 e. The molecule has 128 valence electrons. The highest BCUT2D eigenvalue weighted by Crippen LogP contribution is 2.21. The lowest BCUT2D eigenvalue weighted by Crippen LogP contribution is -2.33. The number of pyridine rings is 1. The minimum absolute atomic E-state index is 0.0902. The first-order valence-electron chi connectivity index (χ1n) is 7.98. The normalized spacial score (nSPS) is 11.8. The van der Waals surface area contributed by atoms with Crippen LogP contribution in [0.3, 0.4) is 0 Å². The monoisotopic (exact) mass is 336 g/mol. The van der Waals surface area contributed by atoms with Gasteiger partial charge in [-0.25, -0.2) is 9.78 Å². The van der Waals surface area contributed by atoms with Crippen LogP contribution >= 0.6 is 0 Å². The lowest BCUT2D eigenvalue weighted by atomic mass is 10.1. The molecule has 7 heteroatoms. The van der Waals surface area contributed by atoms with Crippen LogP contribution in [0.4, 0.5) is 10.5 Å². The highest BCUT2D eigenvalue weighted by atomic mass is 16.2. The summed E-state index contributed by atoms with van der Waals surface area (Å²) >= 11 is 0. The first kappa shape index (κ1) is 16.6. The van der Waals surface area contributed by atoms with E-state index in [4.69, 9.17) is 0 Å². The first-order valence-corrected chi connectivity index (χ1v) is 7.98. The van der Waals surface area contributed by atoms with Gasteiger partial charge in [0.15, 0.2) is 5.82 Å². The fourth-order valence-electron chi connectivity index (χ4n) is 2.44. The molecular weight excluding hydrogens is 316 g/mol. The number of hydrogen-bond acceptors (Lipinski definition) is 4. The largest absolute Gasteiger partial charge is 0.322 e. The Morgan fingerprint density at radius 1 is 1.28 bits per heavy atom. The molecule has 0 saturated heterocycles. The van der Waals surface area contributed by atoms with Gasteiger partial charge in [-0.05, 0) is 37.6 Å². The quantitative estimate of drug-likeness (QED) is 0.764. The van der Waals surface area contributed by atoms with E-state index in [1.54, 1.807) is 24.3 Å². The summed E-state index contributed by atoms with van der Waals surface area (Å²) in [6, 6.07) is 11.0. The molecule has 2 amide bonds. The number of rotatable bonds is 4. The van der Waals surface area contributed by atoms with Crippen LogP contribution in [0.5, 0.6) is 0 Å². The number of urea groups is 1. The number of H-pyrrole nitrogens is 1. The van der Waals surface area contributed by atoms with Crippen LogP contribution in [0.1, 0.15) is 24.4 Å². The van der Waals surface area contributed by atoms with Gasteiger partial charge in [0.2, 0.25) is 0 Å². The number of anilines is 1. The fourth-order valence-corrected chi connectivity index (χ4v) is 2.44.